The van der Waals surface area contributed by atoms with Gasteiger partial charge in [0.05, 0.1) is 10.5 Å². The van der Waals surface area contributed by atoms with Crippen molar-refractivity contribution in [2.45, 2.75) is 6.43 Å². The summed E-state index contributed by atoms with van der Waals surface area (Å²) >= 11 is 0. The van der Waals surface area contributed by atoms with Gasteiger partial charge in [-0.15, -0.1) is 0 Å². The molecule has 0 saturated carbocycles. The van der Waals surface area contributed by atoms with Gasteiger partial charge in [0.15, 0.2) is 0 Å². The zero-order valence-electron chi connectivity index (χ0n) is 11.0. The largest absolute Gasteiger partial charge is 0.457 e. The van der Waals surface area contributed by atoms with Crippen LogP contribution in [0, 0.1) is 10.1 Å². The van der Waals surface area contributed by atoms with Crippen LogP contribution in [0.3, 0.4) is 0 Å². The van der Waals surface area contributed by atoms with Gasteiger partial charge in [-0.1, -0.05) is 0 Å². The lowest BCUT2D eigenvalue weighted by Crippen LogP contribution is -1.96. The Kier molecular flexibility index (Phi) is 4.32. The summed E-state index contributed by atoms with van der Waals surface area (Å²) in [6, 6.07) is 9.80. The van der Waals surface area contributed by atoms with Crippen LogP contribution in [-0.2, 0) is 0 Å². The molecule has 0 fully saturated rings. The van der Waals surface area contributed by atoms with E-state index in [2.05, 4.69) is 5.32 Å². The lowest BCUT2D eigenvalue weighted by Gasteiger charge is -2.11. The lowest BCUT2D eigenvalue weighted by molar-refractivity contribution is -0.385. The van der Waals surface area contributed by atoms with Gasteiger partial charge in [0.2, 0.25) is 0 Å². The van der Waals surface area contributed by atoms with Gasteiger partial charge in [0, 0.05) is 24.9 Å². The molecule has 21 heavy (non-hydrogen) atoms. The van der Waals surface area contributed by atoms with Gasteiger partial charge < -0.3 is 10.1 Å². The van der Waals surface area contributed by atoms with Crippen molar-refractivity contribution in [1.29, 1.82) is 0 Å². The Morgan fingerprint density at radius 3 is 2.38 bits per heavy atom. The van der Waals surface area contributed by atoms with Crippen molar-refractivity contribution < 1.29 is 18.4 Å². The molecular weight excluding hydrogens is 282 g/mol. The first-order chi connectivity index (χ1) is 10.0. The summed E-state index contributed by atoms with van der Waals surface area (Å²) in [6.07, 6.45) is -2.86. The Hall–Kier alpha value is -2.70. The molecule has 0 unspecified atom stereocenters. The Morgan fingerprint density at radius 1 is 1.19 bits per heavy atom. The normalized spacial score (nSPS) is 10.5. The molecule has 0 bridgehead atoms. The number of anilines is 1. The maximum atomic E-state index is 13.0. The molecule has 2 rings (SSSR count). The quantitative estimate of drug-likeness (QED) is 0.657. The third kappa shape index (κ3) is 3.44. The summed E-state index contributed by atoms with van der Waals surface area (Å²) in [5.74, 6) is 0.262. The molecule has 5 nitrogen and oxygen atoms in total. The van der Waals surface area contributed by atoms with E-state index in [-0.39, 0.29) is 5.75 Å². The summed E-state index contributed by atoms with van der Waals surface area (Å²) in [5.41, 5.74) is -0.0646. The molecule has 0 aliphatic rings. The van der Waals surface area contributed by atoms with Crippen molar-refractivity contribution in [1.82, 2.24) is 0 Å². The highest BCUT2D eigenvalue weighted by atomic mass is 19.3. The number of ether oxygens (including phenoxy) is 1. The van der Waals surface area contributed by atoms with E-state index in [1.54, 1.807) is 31.3 Å². The number of non-ortho nitro benzene ring substituents is 1. The van der Waals surface area contributed by atoms with E-state index in [4.69, 9.17) is 4.74 Å². The standard InChI is InChI=1S/C14H12F2N2O3/c1-17-9-2-5-11(6-3-9)21-13-7-4-10(18(19)20)8-12(13)14(15)16/h2-8,14,17H,1H3. The summed E-state index contributed by atoms with van der Waals surface area (Å²) < 4.78 is 31.3. The number of nitrogens with one attached hydrogen (secondary N) is 1. The van der Waals surface area contributed by atoms with Gasteiger partial charge in [-0.3, -0.25) is 10.1 Å². The molecule has 0 radical (unpaired) electrons. The van der Waals surface area contributed by atoms with Crippen molar-refractivity contribution in [2.24, 2.45) is 0 Å². The Morgan fingerprint density at radius 2 is 1.86 bits per heavy atom. The minimum atomic E-state index is -2.86. The van der Waals surface area contributed by atoms with Gasteiger partial charge in [-0.2, -0.15) is 0 Å². The second kappa shape index (κ2) is 6.17. The van der Waals surface area contributed by atoms with Crippen molar-refractivity contribution in [3.8, 4) is 11.5 Å². The first-order valence-electron chi connectivity index (χ1n) is 6.03. The van der Waals surface area contributed by atoms with Crippen LogP contribution in [0.15, 0.2) is 42.5 Å². The van der Waals surface area contributed by atoms with E-state index >= 15 is 0 Å². The average molecular weight is 294 g/mol. The SMILES string of the molecule is CNc1ccc(Oc2ccc([N+](=O)[O-])cc2C(F)F)cc1. The fourth-order valence-corrected chi connectivity index (χ4v) is 1.73. The zero-order chi connectivity index (χ0) is 15.4. The molecule has 0 spiro atoms. The number of nitro groups is 1. The molecule has 2 aromatic rings. The van der Waals surface area contributed by atoms with Crippen LogP contribution in [0.25, 0.3) is 0 Å². The first-order valence-corrected chi connectivity index (χ1v) is 6.03. The van der Waals surface area contributed by atoms with Crippen LogP contribution < -0.4 is 10.1 Å². The van der Waals surface area contributed by atoms with Crippen molar-refractivity contribution in [3.05, 3.63) is 58.1 Å². The second-order valence-corrected chi connectivity index (χ2v) is 4.16. The Balaban J connectivity index is 2.31. The van der Waals surface area contributed by atoms with Crippen molar-refractivity contribution in [3.63, 3.8) is 0 Å². The van der Waals surface area contributed by atoms with Crippen LogP contribution in [-0.4, -0.2) is 12.0 Å². The smallest absolute Gasteiger partial charge is 0.270 e. The molecular formula is C14H12F2N2O3. The third-order valence-electron chi connectivity index (χ3n) is 2.81. The Labute approximate surface area is 119 Å². The van der Waals surface area contributed by atoms with Crippen LogP contribution in [0.2, 0.25) is 0 Å². The van der Waals surface area contributed by atoms with E-state index in [1.165, 1.54) is 6.07 Å². The van der Waals surface area contributed by atoms with Crippen LogP contribution >= 0.6 is 0 Å². The van der Waals surface area contributed by atoms with Crippen molar-refractivity contribution >= 4 is 11.4 Å². The monoisotopic (exact) mass is 294 g/mol. The minimum Gasteiger partial charge on any atom is -0.457 e. The number of alkyl halides is 2. The molecule has 1 N–H and O–H groups in total. The van der Waals surface area contributed by atoms with E-state index in [9.17, 15) is 18.9 Å². The predicted octanol–water partition coefficient (Wildman–Crippen LogP) is 4.37. The maximum Gasteiger partial charge on any atom is 0.270 e. The fraction of sp³-hybridized carbons (Fsp3) is 0.143. The molecule has 0 amide bonds. The van der Waals surface area contributed by atoms with Crippen LogP contribution in [0.4, 0.5) is 20.2 Å². The Bertz CT molecular complexity index is 645. The molecule has 2 aromatic carbocycles. The third-order valence-corrected chi connectivity index (χ3v) is 2.81. The fourth-order valence-electron chi connectivity index (χ4n) is 1.73. The predicted molar refractivity (Wildman–Crippen MR) is 74.1 cm³/mol. The molecule has 0 heterocycles. The average Bonchev–Trinajstić information content (AvgIpc) is 2.48. The first kappa shape index (κ1) is 14.7. The number of nitro benzene ring substituents is 1. The zero-order valence-corrected chi connectivity index (χ0v) is 11.0. The topological polar surface area (TPSA) is 64.4 Å². The summed E-state index contributed by atoms with van der Waals surface area (Å²) in [6.45, 7) is 0. The maximum absolute atomic E-state index is 13.0. The second-order valence-electron chi connectivity index (χ2n) is 4.16. The van der Waals surface area contributed by atoms with E-state index in [1.807, 2.05) is 0 Å². The van der Waals surface area contributed by atoms with E-state index in [0.29, 0.717) is 5.75 Å². The molecule has 0 atom stereocenters. The summed E-state index contributed by atoms with van der Waals surface area (Å²) in [4.78, 5) is 9.90. The molecule has 0 saturated heterocycles. The van der Waals surface area contributed by atoms with Gasteiger partial charge in [0.25, 0.3) is 12.1 Å². The van der Waals surface area contributed by atoms with Gasteiger partial charge in [-0.25, -0.2) is 8.78 Å². The molecule has 7 heteroatoms. The summed E-state index contributed by atoms with van der Waals surface area (Å²) in [7, 11) is 1.75. The van der Waals surface area contributed by atoms with Gasteiger partial charge >= 0.3 is 0 Å². The molecule has 110 valence electrons. The molecule has 0 aliphatic carbocycles. The highest BCUT2D eigenvalue weighted by Gasteiger charge is 2.19. The molecule has 0 aromatic heterocycles. The number of halogens is 2. The lowest BCUT2D eigenvalue weighted by atomic mass is 10.2. The minimum absolute atomic E-state index is 0.104. The highest BCUT2D eigenvalue weighted by molar-refractivity contribution is 5.49. The van der Waals surface area contributed by atoms with Crippen LogP contribution in [0.1, 0.15) is 12.0 Å². The number of benzene rings is 2. The van der Waals surface area contributed by atoms with Crippen molar-refractivity contribution in [2.75, 3.05) is 12.4 Å². The van der Waals surface area contributed by atoms with E-state index < -0.39 is 22.6 Å². The number of hydrogen-bond donors (Lipinski definition) is 1. The number of rotatable bonds is 5. The highest BCUT2D eigenvalue weighted by Crippen LogP contribution is 2.35. The number of hydrogen-bond acceptors (Lipinski definition) is 4. The van der Waals surface area contributed by atoms with Crippen LogP contribution in [0.5, 0.6) is 11.5 Å². The molecule has 0 aliphatic heterocycles. The van der Waals surface area contributed by atoms with Gasteiger partial charge in [0.1, 0.15) is 11.5 Å². The van der Waals surface area contributed by atoms with Gasteiger partial charge in [-0.05, 0) is 30.3 Å². The summed E-state index contributed by atoms with van der Waals surface area (Å²) in [5, 5.41) is 13.5. The van der Waals surface area contributed by atoms with E-state index in [0.717, 1.165) is 17.8 Å². The number of nitrogens with zero attached hydrogens (tertiary/aromatic N) is 1.